The van der Waals surface area contributed by atoms with Crippen LogP contribution in [-0.2, 0) is 19.3 Å². The van der Waals surface area contributed by atoms with Gasteiger partial charge in [0, 0.05) is 19.0 Å². The Bertz CT molecular complexity index is 948. The number of aromatic nitrogens is 3. The molecular weight excluding hydrogens is 401 g/mol. The fourth-order valence-corrected chi connectivity index (χ4v) is 3.36. The standard InChI is InChI=1S/C19H21F3N6S/c1-3-23-18(25-10-17-27-15(12-29-17)19(20,21)22)28(2)11-16-24-9-14(26-16)13-7-5-4-6-8-13/h4-9,12H,3,10-11H2,1-2H3,(H,23,25)(H,24,26). The van der Waals surface area contributed by atoms with E-state index in [9.17, 15) is 13.2 Å². The molecule has 1 aromatic carbocycles. The monoisotopic (exact) mass is 422 g/mol. The molecule has 0 aliphatic heterocycles. The van der Waals surface area contributed by atoms with Crippen LogP contribution in [0.1, 0.15) is 23.4 Å². The van der Waals surface area contributed by atoms with Crippen LogP contribution in [0.2, 0.25) is 0 Å². The molecule has 29 heavy (non-hydrogen) atoms. The molecule has 0 aliphatic carbocycles. The molecule has 2 aromatic heterocycles. The van der Waals surface area contributed by atoms with Gasteiger partial charge in [0.15, 0.2) is 11.7 Å². The van der Waals surface area contributed by atoms with E-state index < -0.39 is 11.9 Å². The van der Waals surface area contributed by atoms with E-state index in [0.29, 0.717) is 24.1 Å². The first-order valence-corrected chi connectivity index (χ1v) is 9.85. The van der Waals surface area contributed by atoms with E-state index in [1.54, 1.807) is 6.20 Å². The highest BCUT2D eigenvalue weighted by Gasteiger charge is 2.33. The molecule has 0 saturated carbocycles. The molecule has 10 heteroatoms. The number of rotatable bonds is 6. The van der Waals surface area contributed by atoms with Crippen LogP contribution in [0.5, 0.6) is 0 Å². The van der Waals surface area contributed by atoms with Crippen molar-refractivity contribution < 1.29 is 13.2 Å². The van der Waals surface area contributed by atoms with Gasteiger partial charge in [-0.1, -0.05) is 30.3 Å². The van der Waals surface area contributed by atoms with Crippen LogP contribution in [0.25, 0.3) is 11.3 Å². The SMILES string of the molecule is CCNC(=NCc1nc(C(F)(F)F)cs1)N(C)Cc1ncc(-c2ccccc2)[nH]1. The van der Waals surface area contributed by atoms with Gasteiger partial charge in [-0.2, -0.15) is 13.2 Å². The zero-order valence-electron chi connectivity index (χ0n) is 16.0. The Morgan fingerprint density at radius 1 is 1.28 bits per heavy atom. The van der Waals surface area contributed by atoms with Crippen LogP contribution in [0.4, 0.5) is 13.2 Å². The van der Waals surface area contributed by atoms with Crippen LogP contribution in [-0.4, -0.2) is 39.4 Å². The van der Waals surface area contributed by atoms with Gasteiger partial charge in [0.1, 0.15) is 10.8 Å². The minimum absolute atomic E-state index is 0.0703. The van der Waals surface area contributed by atoms with Crippen LogP contribution in [0.15, 0.2) is 46.9 Å². The second-order valence-electron chi connectivity index (χ2n) is 6.26. The summed E-state index contributed by atoms with van der Waals surface area (Å²) in [5.74, 6) is 1.32. The molecule has 154 valence electrons. The molecule has 0 spiro atoms. The molecule has 0 aliphatic rings. The quantitative estimate of drug-likeness (QED) is 0.463. The number of hydrogen-bond acceptors (Lipinski definition) is 4. The summed E-state index contributed by atoms with van der Waals surface area (Å²) in [4.78, 5) is 17.6. The predicted molar refractivity (Wildman–Crippen MR) is 107 cm³/mol. The van der Waals surface area contributed by atoms with Crippen molar-refractivity contribution in [3.8, 4) is 11.3 Å². The Kier molecular flexibility index (Phi) is 6.53. The summed E-state index contributed by atoms with van der Waals surface area (Å²) in [7, 11) is 1.84. The summed E-state index contributed by atoms with van der Waals surface area (Å²) in [5.41, 5.74) is 1.08. The minimum Gasteiger partial charge on any atom is -0.357 e. The van der Waals surface area contributed by atoms with Crippen molar-refractivity contribution in [3.63, 3.8) is 0 Å². The molecule has 3 aromatic rings. The molecule has 3 rings (SSSR count). The largest absolute Gasteiger partial charge is 0.434 e. The number of benzene rings is 1. The fourth-order valence-electron chi connectivity index (χ4n) is 2.63. The van der Waals surface area contributed by atoms with E-state index in [2.05, 4.69) is 25.3 Å². The Labute approximate surface area is 170 Å². The molecular formula is C19H21F3N6S. The van der Waals surface area contributed by atoms with Crippen molar-refractivity contribution in [1.29, 1.82) is 0 Å². The zero-order valence-corrected chi connectivity index (χ0v) is 16.8. The molecule has 0 unspecified atom stereocenters. The first kappa shape index (κ1) is 20.8. The molecule has 0 radical (unpaired) electrons. The van der Waals surface area contributed by atoms with E-state index in [1.165, 1.54) is 0 Å². The lowest BCUT2D eigenvalue weighted by Gasteiger charge is -2.20. The molecule has 0 amide bonds. The maximum absolute atomic E-state index is 12.7. The van der Waals surface area contributed by atoms with Gasteiger partial charge in [0.25, 0.3) is 0 Å². The van der Waals surface area contributed by atoms with Gasteiger partial charge < -0.3 is 15.2 Å². The number of thiazole rings is 1. The third-order valence-electron chi connectivity index (χ3n) is 4.00. The number of aliphatic imine (C=N–C) groups is 1. The summed E-state index contributed by atoms with van der Waals surface area (Å²) < 4.78 is 38.1. The van der Waals surface area contributed by atoms with Gasteiger partial charge in [-0.25, -0.2) is 15.0 Å². The van der Waals surface area contributed by atoms with E-state index in [-0.39, 0.29) is 6.54 Å². The summed E-state index contributed by atoms with van der Waals surface area (Å²) in [6, 6.07) is 9.86. The average molecular weight is 422 g/mol. The van der Waals surface area contributed by atoms with Gasteiger partial charge in [0.05, 0.1) is 25.0 Å². The molecule has 0 atom stereocenters. The van der Waals surface area contributed by atoms with Gasteiger partial charge in [-0.05, 0) is 12.5 Å². The fraction of sp³-hybridized carbons (Fsp3) is 0.316. The molecule has 6 nitrogen and oxygen atoms in total. The second kappa shape index (κ2) is 9.08. The topological polar surface area (TPSA) is 69.2 Å². The number of H-pyrrole nitrogens is 1. The molecule has 2 N–H and O–H groups in total. The van der Waals surface area contributed by atoms with E-state index in [4.69, 9.17) is 0 Å². The Morgan fingerprint density at radius 3 is 2.69 bits per heavy atom. The number of alkyl halides is 3. The third-order valence-corrected chi connectivity index (χ3v) is 4.84. The number of imidazole rings is 1. The molecule has 0 saturated heterocycles. The van der Waals surface area contributed by atoms with Crippen molar-refractivity contribution in [3.05, 3.63) is 58.4 Å². The van der Waals surface area contributed by atoms with Gasteiger partial charge in [-0.3, -0.25) is 0 Å². The normalized spacial score (nSPS) is 12.2. The summed E-state index contributed by atoms with van der Waals surface area (Å²) in [6.07, 6.45) is -2.66. The number of nitrogens with one attached hydrogen (secondary N) is 2. The molecule has 0 bridgehead atoms. The third kappa shape index (κ3) is 5.57. The maximum Gasteiger partial charge on any atom is 0.434 e. The van der Waals surface area contributed by atoms with Crippen molar-refractivity contribution in [1.82, 2.24) is 25.2 Å². The van der Waals surface area contributed by atoms with E-state index in [0.717, 1.165) is 33.8 Å². The molecule has 0 fully saturated rings. The lowest BCUT2D eigenvalue weighted by atomic mass is 10.2. The van der Waals surface area contributed by atoms with Crippen LogP contribution in [0, 0.1) is 0 Å². The molecule has 2 heterocycles. The van der Waals surface area contributed by atoms with Crippen molar-refractivity contribution in [2.45, 2.75) is 26.2 Å². The van der Waals surface area contributed by atoms with Gasteiger partial charge in [-0.15, -0.1) is 11.3 Å². The van der Waals surface area contributed by atoms with Crippen LogP contribution in [0.3, 0.4) is 0 Å². The second-order valence-corrected chi connectivity index (χ2v) is 7.20. The number of halogens is 3. The highest BCUT2D eigenvalue weighted by molar-refractivity contribution is 7.09. The van der Waals surface area contributed by atoms with Crippen LogP contribution >= 0.6 is 11.3 Å². The smallest absolute Gasteiger partial charge is 0.357 e. The minimum atomic E-state index is -4.44. The van der Waals surface area contributed by atoms with Crippen molar-refractivity contribution in [2.24, 2.45) is 4.99 Å². The highest BCUT2D eigenvalue weighted by Crippen LogP contribution is 2.30. The average Bonchev–Trinajstić information content (AvgIpc) is 3.35. The zero-order chi connectivity index (χ0) is 20.9. The first-order valence-electron chi connectivity index (χ1n) is 8.97. The van der Waals surface area contributed by atoms with Crippen molar-refractivity contribution >= 4 is 17.3 Å². The van der Waals surface area contributed by atoms with Crippen molar-refractivity contribution in [2.75, 3.05) is 13.6 Å². The van der Waals surface area contributed by atoms with Crippen LogP contribution < -0.4 is 5.32 Å². The lowest BCUT2D eigenvalue weighted by molar-refractivity contribution is -0.140. The highest BCUT2D eigenvalue weighted by atomic mass is 32.1. The number of nitrogens with zero attached hydrogens (tertiary/aromatic N) is 4. The first-order chi connectivity index (χ1) is 13.9. The Hall–Kier alpha value is -2.88. The van der Waals surface area contributed by atoms with E-state index in [1.807, 2.05) is 49.2 Å². The summed E-state index contributed by atoms with van der Waals surface area (Å²) in [6.45, 7) is 3.09. The van der Waals surface area contributed by atoms with E-state index >= 15 is 0 Å². The number of guanidine groups is 1. The number of hydrogen-bond donors (Lipinski definition) is 2. The summed E-state index contributed by atoms with van der Waals surface area (Å²) >= 11 is 0.950. The van der Waals surface area contributed by atoms with Gasteiger partial charge >= 0.3 is 6.18 Å². The predicted octanol–water partition coefficient (Wildman–Crippen LogP) is 4.15. The lowest BCUT2D eigenvalue weighted by Crippen LogP contribution is -2.38. The Morgan fingerprint density at radius 2 is 2.03 bits per heavy atom. The number of aromatic amines is 1. The maximum atomic E-state index is 12.7. The Balaban J connectivity index is 1.68. The van der Waals surface area contributed by atoms with Gasteiger partial charge in [0.2, 0.25) is 0 Å². The summed E-state index contributed by atoms with van der Waals surface area (Å²) in [5, 5.41) is 4.46.